The molecule has 0 aromatic heterocycles. The molecule has 2 aliphatic heterocycles. The number of carboxylic acids is 1. The predicted molar refractivity (Wildman–Crippen MR) is 60.2 cm³/mol. The highest BCUT2D eigenvalue weighted by molar-refractivity contribution is 5.99. The van der Waals surface area contributed by atoms with Crippen LogP contribution in [0.2, 0.25) is 0 Å². The van der Waals surface area contributed by atoms with Crippen molar-refractivity contribution in [2.24, 2.45) is 4.99 Å². The van der Waals surface area contributed by atoms with Crippen LogP contribution in [0.1, 0.15) is 13.8 Å². The zero-order valence-electron chi connectivity index (χ0n) is 9.53. The van der Waals surface area contributed by atoms with Gasteiger partial charge in [0.15, 0.2) is 11.3 Å². The van der Waals surface area contributed by atoms with Gasteiger partial charge in [-0.05, 0) is 26.0 Å². The van der Waals surface area contributed by atoms with Gasteiger partial charge in [0.2, 0.25) is 0 Å². The first-order chi connectivity index (χ1) is 7.80. The molecule has 2 aliphatic rings. The fourth-order valence-corrected chi connectivity index (χ4v) is 2.04. The van der Waals surface area contributed by atoms with Gasteiger partial charge < -0.3 is 20.2 Å². The monoisotopic (exact) mass is 238 g/mol. The van der Waals surface area contributed by atoms with Crippen molar-refractivity contribution in [2.45, 2.75) is 31.2 Å². The highest BCUT2D eigenvalue weighted by Crippen LogP contribution is 2.34. The van der Waals surface area contributed by atoms with Gasteiger partial charge in [-0.3, -0.25) is 0 Å². The maximum absolute atomic E-state index is 11.2. The minimum absolute atomic E-state index is 0.313. The van der Waals surface area contributed by atoms with Gasteiger partial charge in [0.1, 0.15) is 11.9 Å². The Morgan fingerprint density at radius 2 is 2.12 bits per heavy atom. The Morgan fingerprint density at radius 3 is 2.71 bits per heavy atom. The van der Waals surface area contributed by atoms with Crippen molar-refractivity contribution in [3.8, 4) is 0 Å². The lowest BCUT2D eigenvalue weighted by Gasteiger charge is -2.48. The van der Waals surface area contributed by atoms with Crippen LogP contribution in [0.4, 0.5) is 0 Å². The third kappa shape index (κ3) is 1.49. The predicted octanol–water partition coefficient (Wildman–Crippen LogP) is -0.303. The molecule has 3 atom stereocenters. The second kappa shape index (κ2) is 3.41. The number of hydrogen-bond donors (Lipinski definition) is 3. The van der Waals surface area contributed by atoms with Gasteiger partial charge in [0.25, 0.3) is 0 Å². The molecule has 0 aromatic rings. The van der Waals surface area contributed by atoms with Crippen LogP contribution in [-0.4, -0.2) is 49.4 Å². The standard InChI is InChI=1S/C11H14N2O4/c1-10(9(15)16)8(14)11(2,17)13-6-4-3-5-7(13)12-10/h3-6,8,14,17H,1-2H3,(H,15,16)/t8-,10-,11+/m0/s1. The molecule has 0 unspecified atom stereocenters. The molecular weight excluding hydrogens is 224 g/mol. The Hall–Kier alpha value is -1.66. The molecule has 6 nitrogen and oxygen atoms in total. The van der Waals surface area contributed by atoms with Crippen LogP contribution in [0.25, 0.3) is 0 Å². The number of rotatable bonds is 1. The van der Waals surface area contributed by atoms with Crippen LogP contribution in [0.3, 0.4) is 0 Å². The van der Waals surface area contributed by atoms with E-state index in [-0.39, 0.29) is 0 Å². The van der Waals surface area contributed by atoms with E-state index in [4.69, 9.17) is 5.11 Å². The van der Waals surface area contributed by atoms with Gasteiger partial charge in [0.05, 0.1) is 0 Å². The van der Waals surface area contributed by atoms with Gasteiger partial charge in [0, 0.05) is 6.20 Å². The number of amidine groups is 1. The topological polar surface area (TPSA) is 93.4 Å². The maximum atomic E-state index is 11.2. The van der Waals surface area contributed by atoms with Crippen LogP contribution >= 0.6 is 0 Å². The minimum Gasteiger partial charge on any atom is -0.479 e. The first-order valence-electron chi connectivity index (χ1n) is 5.18. The second-order valence-electron chi connectivity index (χ2n) is 4.49. The summed E-state index contributed by atoms with van der Waals surface area (Å²) in [6, 6.07) is 0. The molecular formula is C11H14N2O4. The molecule has 0 aliphatic carbocycles. The Kier molecular flexibility index (Phi) is 2.37. The van der Waals surface area contributed by atoms with Gasteiger partial charge in [-0.2, -0.15) is 0 Å². The molecule has 2 heterocycles. The van der Waals surface area contributed by atoms with E-state index in [1.807, 2.05) is 0 Å². The summed E-state index contributed by atoms with van der Waals surface area (Å²) in [6.07, 6.45) is 4.95. The summed E-state index contributed by atoms with van der Waals surface area (Å²) in [4.78, 5) is 16.6. The van der Waals surface area contributed by atoms with E-state index in [1.54, 1.807) is 24.4 Å². The summed E-state index contributed by atoms with van der Waals surface area (Å²) in [6.45, 7) is 2.64. The lowest BCUT2D eigenvalue weighted by atomic mass is 9.85. The van der Waals surface area contributed by atoms with E-state index in [0.717, 1.165) is 0 Å². The van der Waals surface area contributed by atoms with Gasteiger partial charge >= 0.3 is 5.97 Å². The smallest absolute Gasteiger partial charge is 0.334 e. The molecule has 0 aromatic carbocycles. The Bertz CT molecular complexity index is 452. The summed E-state index contributed by atoms with van der Waals surface area (Å²) in [5.74, 6) is -0.965. The zero-order valence-corrected chi connectivity index (χ0v) is 9.53. The number of hydrogen-bond acceptors (Lipinski definition) is 5. The van der Waals surface area contributed by atoms with E-state index in [2.05, 4.69) is 4.99 Å². The van der Waals surface area contributed by atoms with E-state index in [9.17, 15) is 15.0 Å². The van der Waals surface area contributed by atoms with E-state index < -0.39 is 23.3 Å². The second-order valence-corrected chi connectivity index (χ2v) is 4.49. The minimum atomic E-state index is -1.76. The van der Waals surface area contributed by atoms with Gasteiger partial charge in [-0.15, -0.1) is 0 Å². The number of aliphatic imine (C=N–C) groups is 1. The van der Waals surface area contributed by atoms with Crippen molar-refractivity contribution in [1.29, 1.82) is 0 Å². The summed E-state index contributed by atoms with van der Waals surface area (Å²) >= 11 is 0. The van der Waals surface area contributed by atoms with Crippen molar-refractivity contribution in [3.63, 3.8) is 0 Å². The Balaban J connectivity index is 2.59. The molecule has 3 N–H and O–H groups in total. The van der Waals surface area contributed by atoms with Crippen LogP contribution in [-0.2, 0) is 4.79 Å². The largest absolute Gasteiger partial charge is 0.479 e. The number of fused-ring (bicyclic) bond motifs is 1. The lowest BCUT2D eigenvalue weighted by molar-refractivity contribution is -0.177. The third-order valence-corrected chi connectivity index (χ3v) is 3.16. The van der Waals surface area contributed by atoms with E-state index in [1.165, 1.54) is 18.7 Å². The van der Waals surface area contributed by atoms with Crippen molar-refractivity contribution < 1.29 is 20.1 Å². The molecule has 0 amide bonds. The fourth-order valence-electron chi connectivity index (χ4n) is 2.04. The summed E-state index contributed by atoms with van der Waals surface area (Å²) in [5, 5.41) is 29.4. The average Bonchev–Trinajstić information content (AvgIpc) is 2.26. The first-order valence-corrected chi connectivity index (χ1v) is 5.18. The summed E-state index contributed by atoms with van der Waals surface area (Å²) in [5.41, 5.74) is -3.48. The molecule has 2 rings (SSSR count). The third-order valence-electron chi connectivity index (χ3n) is 3.16. The Morgan fingerprint density at radius 1 is 1.47 bits per heavy atom. The highest BCUT2D eigenvalue weighted by Gasteiger charge is 2.56. The molecule has 0 saturated heterocycles. The number of aliphatic carboxylic acids is 1. The zero-order chi connectivity index (χ0) is 12.8. The highest BCUT2D eigenvalue weighted by atomic mass is 16.4. The molecule has 17 heavy (non-hydrogen) atoms. The van der Waals surface area contributed by atoms with E-state index >= 15 is 0 Å². The number of aliphatic hydroxyl groups is 2. The van der Waals surface area contributed by atoms with Crippen LogP contribution in [0, 0.1) is 0 Å². The van der Waals surface area contributed by atoms with Crippen molar-refractivity contribution in [1.82, 2.24) is 4.90 Å². The van der Waals surface area contributed by atoms with Crippen molar-refractivity contribution in [3.05, 3.63) is 24.4 Å². The van der Waals surface area contributed by atoms with Crippen molar-refractivity contribution >= 4 is 11.8 Å². The Labute approximate surface area is 98.2 Å². The fraction of sp³-hybridized carbons (Fsp3) is 0.455. The summed E-state index contributed by atoms with van der Waals surface area (Å²) < 4.78 is 0. The number of aliphatic hydroxyl groups excluding tert-OH is 1. The van der Waals surface area contributed by atoms with Crippen LogP contribution in [0.15, 0.2) is 29.4 Å². The SMILES string of the molecule is C[C@]1(C(=O)O)N=C2C=CC=CN2[C@](C)(O)[C@H]1O. The molecule has 0 saturated carbocycles. The number of allylic oxidation sites excluding steroid dienone is 2. The average molecular weight is 238 g/mol. The number of carbonyl (C=O) groups is 1. The number of nitrogens with zero attached hydrogens (tertiary/aromatic N) is 2. The van der Waals surface area contributed by atoms with Crippen LogP contribution in [0.5, 0.6) is 0 Å². The maximum Gasteiger partial charge on any atom is 0.334 e. The first kappa shape index (κ1) is 11.8. The van der Waals surface area contributed by atoms with Crippen LogP contribution < -0.4 is 0 Å². The van der Waals surface area contributed by atoms with E-state index in [0.29, 0.717) is 5.84 Å². The summed E-state index contributed by atoms with van der Waals surface area (Å²) in [7, 11) is 0. The quantitative estimate of drug-likeness (QED) is 0.583. The molecule has 0 spiro atoms. The van der Waals surface area contributed by atoms with Crippen molar-refractivity contribution in [2.75, 3.05) is 0 Å². The number of carboxylic acid groups (broad SMARTS) is 1. The molecule has 6 heteroatoms. The normalized spacial score (nSPS) is 39.9. The molecule has 0 radical (unpaired) electrons. The molecule has 92 valence electrons. The lowest BCUT2D eigenvalue weighted by Crippen LogP contribution is -2.67. The van der Waals surface area contributed by atoms with Gasteiger partial charge in [-0.1, -0.05) is 6.08 Å². The molecule has 0 bridgehead atoms. The molecule has 0 fully saturated rings. The van der Waals surface area contributed by atoms with Gasteiger partial charge in [-0.25, -0.2) is 9.79 Å².